The summed E-state index contributed by atoms with van der Waals surface area (Å²) in [7, 11) is 0. The lowest BCUT2D eigenvalue weighted by Crippen LogP contribution is -1.95. The van der Waals surface area contributed by atoms with Crippen molar-refractivity contribution in [2.45, 2.75) is 0 Å². The lowest BCUT2D eigenvalue weighted by molar-refractivity contribution is 0.626. The van der Waals surface area contributed by atoms with Gasteiger partial charge in [-0.1, -0.05) is 58.5 Å². The number of halogens is 5. The summed E-state index contributed by atoms with van der Waals surface area (Å²) in [5.74, 6) is -0.535. The van der Waals surface area contributed by atoms with Crippen LogP contribution in [0.15, 0.2) is 48.5 Å². The Balaban J connectivity index is 2.26. The third-order valence-electron chi connectivity index (χ3n) is 3.26. The zero-order chi connectivity index (χ0) is 16.6. The fourth-order valence-electron chi connectivity index (χ4n) is 2.22. The van der Waals surface area contributed by atoms with Crippen molar-refractivity contribution in [1.29, 1.82) is 0 Å². The minimum atomic E-state index is -0.535. The molecule has 1 aromatic heterocycles. The van der Waals surface area contributed by atoms with Crippen molar-refractivity contribution < 1.29 is 4.39 Å². The maximum Gasteiger partial charge on any atom is 0.149 e. The van der Waals surface area contributed by atoms with Crippen LogP contribution in [0.3, 0.4) is 0 Å². The largest absolute Gasteiger partial charge is 0.244 e. The second-order valence-corrected chi connectivity index (χ2v) is 6.35. The van der Waals surface area contributed by atoms with Gasteiger partial charge in [0.15, 0.2) is 0 Å². The van der Waals surface area contributed by atoms with Crippen molar-refractivity contribution in [2.75, 3.05) is 0 Å². The van der Waals surface area contributed by atoms with E-state index in [9.17, 15) is 4.39 Å². The molecule has 0 saturated heterocycles. The van der Waals surface area contributed by atoms with E-state index in [1.807, 2.05) is 0 Å². The summed E-state index contributed by atoms with van der Waals surface area (Å²) in [5, 5.41) is 1.47. The molecule has 0 aliphatic carbocycles. The highest BCUT2D eigenvalue weighted by Crippen LogP contribution is 2.38. The first-order chi connectivity index (χ1) is 11.0. The molecule has 6 heteroatoms. The number of benzene rings is 2. The molecule has 3 rings (SSSR count). The first-order valence-electron chi connectivity index (χ1n) is 6.54. The minimum Gasteiger partial charge on any atom is -0.244 e. The summed E-state index contributed by atoms with van der Waals surface area (Å²) < 4.78 is 14.3. The second kappa shape index (κ2) is 6.66. The molecule has 0 spiro atoms. The molecule has 0 radical (unpaired) electrons. The predicted octanol–water partition coefficient (Wildman–Crippen LogP) is 7.17. The molecule has 0 fully saturated rings. The highest BCUT2D eigenvalue weighted by molar-refractivity contribution is 6.40. The maximum absolute atomic E-state index is 14.3. The van der Waals surface area contributed by atoms with Gasteiger partial charge in [-0.15, -0.1) is 0 Å². The molecule has 2 aromatic carbocycles. The molecular weight excluding hydrogens is 379 g/mol. The van der Waals surface area contributed by atoms with Gasteiger partial charge >= 0.3 is 0 Å². The molecule has 0 saturated carbocycles. The number of nitrogens with zero attached hydrogens (tertiary/aromatic N) is 1. The van der Waals surface area contributed by atoms with Gasteiger partial charge in [0.25, 0.3) is 0 Å². The Morgan fingerprint density at radius 3 is 1.65 bits per heavy atom. The highest BCUT2D eigenvalue weighted by atomic mass is 35.5. The van der Waals surface area contributed by atoms with Gasteiger partial charge in [0, 0.05) is 11.1 Å². The summed E-state index contributed by atoms with van der Waals surface area (Å²) in [6, 6.07) is 12.8. The van der Waals surface area contributed by atoms with Gasteiger partial charge in [-0.25, -0.2) is 9.37 Å². The standard InChI is InChI=1S/C17H8Cl4FN/c18-9-3-1-4-10(19)15(9)14-8-7-13(22)17(23-14)16-11(20)5-2-6-12(16)21/h1-8H. The third kappa shape index (κ3) is 3.17. The summed E-state index contributed by atoms with van der Waals surface area (Å²) in [6.45, 7) is 0. The first-order valence-corrected chi connectivity index (χ1v) is 8.05. The minimum absolute atomic E-state index is 0.0501. The lowest BCUT2D eigenvalue weighted by Gasteiger charge is -2.11. The van der Waals surface area contributed by atoms with Crippen LogP contribution in [0.1, 0.15) is 0 Å². The smallest absolute Gasteiger partial charge is 0.149 e. The molecule has 1 nitrogen and oxygen atoms in total. The fraction of sp³-hybridized carbons (Fsp3) is 0. The van der Waals surface area contributed by atoms with Crippen molar-refractivity contribution >= 4 is 46.4 Å². The van der Waals surface area contributed by atoms with Crippen molar-refractivity contribution in [3.8, 4) is 22.5 Å². The molecule has 1 heterocycles. The quantitative estimate of drug-likeness (QED) is 0.454. The van der Waals surface area contributed by atoms with Crippen LogP contribution in [0.5, 0.6) is 0 Å². The Morgan fingerprint density at radius 1 is 0.652 bits per heavy atom. The first kappa shape index (κ1) is 16.5. The van der Waals surface area contributed by atoms with Gasteiger partial charge in [0.1, 0.15) is 11.5 Å². The van der Waals surface area contributed by atoms with E-state index in [2.05, 4.69) is 4.98 Å². The number of hydrogen-bond acceptors (Lipinski definition) is 1. The third-order valence-corrected chi connectivity index (χ3v) is 4.52. The van der Waals surface area contributed by atoms with Gasteiger partial charge in [0.2, 0.25) is 0 Å². The van der Waals surface area contributed by atoms with E-state index >= 15 is 0 Å². The van der Waals surface area contributed by atoms with Gasteiger partial charge in [0.05, 0.1) is 25.8 Å². The Bertz CT molecular complexity index is 855. The molecule has 0 N–H and O–H groups in total. The average Bonchev–Trinajstić information content (AvgIpc) is 2.49. The topological polar surface area (TPSA) is 12.9 Å². The van der Waals surface area contributed by atoms with Gasteiger partial charge in [-0.2, -0.15) is 0 Å². The summed E-state index contributed by atoms with van der Waals surface area (Å²) in [5.41, 5.74) is 1.35. The SMILES string of the molecule is Fc1ccc(-c2c(Cl)cccc2Cl)nc1-c1c(Cl)cccc1Cl. The Hall–Kier alpha value is -1.32. The number of aromatic nitrogens is 1. The van der Waals surface area contributed by atoms with E-state index in [1.165, 1.54) is 12.1 Å². The van der Waals surface area contributed by atoms with E-state index in [4.69, 9.17) is 46.4 Å². The molecule has 0 bridgehead atoms. The molecule has 0 unspecified atom stereocenters. The maximum atomic E-state index is 14.3. The summed E-state index contributed by atoms with van der Waals surface area (Å²) >= 11 is 24.7. The Kier molecular flexibility index (Phi) is 4.79. The zero-order valence-electron chi connectivity index (χ0n) is 11.5. The van der Waals surface area contributed by atoms with E-state index in [0.717, 1.165) is 0 Å². The van der Waals surface area contributed by atoms with Crippen LogP contribution in [0.2, 0.25) is 20.1 Å². The van der Waals surface area contributed by atoms with Crippen LogP contribution in [0, 0.1) is 5.82 Å². The van der Waals surface area contributed by atoms with Crippen LogP contribution in [0.4, 0.5) is 4.39 Å². The number of hydrogen-bond donors (Lipinski definition) is 0. The predicted molar refractivity (Wildman–Crippen MR) is 95.1 cm³/mol. The number of rotatable bonds is 2. The summed E-state index contributed by atoms with van der Waals surface area (Å²) in [6.07, 6.45) is 0. The molecule has 0 atom stereocenters. The fourth-order valence-corrected chi connectivity index (χ4v) is 3.39. The summed E-state index contributed by atoms with van der Waals surface area (Å²) in [4.78, 5) is 4.34. The zero-order valence-corrected chi connectivity index (χ0v) is 14.5. The van der Waals surface area contributed by atoms with Crippen molar-refractivity contribution in [2.24, 2.45) is 0 Å². The van der Waals surface area contributed by atoms with Gasteiger partial charge < -0.3 is 0 Å². The number of pyridine rings is 1. The van der Waals surface area contributed by atoms with E-state index in [1.54, 1.807) is 36.4 Å². The Morgan fingerprint density at radius 2 is 1.13 bits per heavy atom. The van der Waals surface area contributed by atoms with Crippen LogP contribution in [0.25, 0.3) is 22.5 Å². The molecule has 23 heavy (non-hydrogen) atoms. The van der Waals surface area contributed by atoms with Crippen LogP contribution >= 0.6 is 46.4 Å². The molecule has 116 valence electrons. The van der Waals surface area contributed by atoms with E-state index in [0.29, 0.717) is 36.9 Å². The molecule has 0 amide bonds. The molecule has 0 aliphatic rings. The van der Waals surface area contributed by atoms with E-state index < -0.39 is 5.82 Å². The molecular formula is C17H8Cl4FN. The lowest BCUT2D eigenvalue weighted by atomic mass is 10.1. The van der Waals surface area contributed by atoms with Gasteiger partial charge in [-0.3, -0.25) is 0 Å². The average molecular weight is 387 g/mol. The monoisotopic (exact) mass is 385 g/mol. The second-order valence-electron chi connectivity index (χ2n) is 4.72. The molecule has 0 aliphatic heterocycles. The van der Waals surface area contributed by atoms with Crippen molar-refractivity contribution in [3.63, 3.8) is 0 Å². The van der Waals surface area contributed by atoms with Crippen LogP contribution in [-0.4, -0.2) is 4.98 Å². The Labute approximate surface area is 152 Å². The highest BCUT2D eigenvalue weighted by Gasteiger charge is 2.17. The molecule has 3 aromatic rings. The van der Waals surface area contributed by atoms with Gasteiger partial charge in [-0.05, 0) is 36.4 Å². The normalized spacial score (nSPS) is 10.8. The van der Waals surface area contributed by atoms with Crippen molar-refractivity contribution in [3.05, 3.63) is 74.4 Å². The van der Waals surface area contributed by atoms with Crippen LogP contribution < -0.4 is 0 Å². The van der Waals surface area contributed by atoms with Crippen molar-refractivity contribution in [1.82, 2.24) is 4.98 Å². The van der Waals surface area contributed by atoms with Crippen LogP contribution in [-0.2, 0) is 0 Å². The van der Waals surface area contributed by atoms with E-state index in [-0.39, 0.29) is 5.69 Å².